The molecule has 1 amide bonds. The van der Waals surface area contributed by atoms with Crippen molar-refractivity contribution in [2.24, 2.45) is 4.58 Å². The van der Waals surface area contributed by atoms with Crippen LogP contribution in [0.25, 0.3) is 0 Å². The van der Waals surface area contributed by atoms with E-state index in [1.165, 1.54) is 0 Å². The molecule has 0 spiro atoms. The fraction of sp³-hybridized carbons (Fsp3) is 0.833. The number of hydrogen-bond donors (Lipinski definition) is 2. The number of aliphatic carboxylic acids is 1. The summed E-state index contributed by atoms with van der Waals surface area (Å²) in [4.78, 5) is 35.7. The molecule has 1 aliphatic rings. The van der Waals surface area contributed by atoms with Crippen LogP contribution in [-0.2, 0) is 9.59 Å². The molecule has 1 rings (SSSR count). The SMILES string of the molecule is CCN1CCC(SN=O)(C(CC)(NC=O)C(=O)O)CC1. The first-order valence-electron chi connectivity index (χ1n) is 6.69. The highest BCUT2D eigenvalue weighted by Crippen LogP contribution is 2.46. The maximum atomic E-state index is 11.8. The molecule has 1 atom stereocenters. The van der Waals surface area contributed by atoms with Gasteiger partial charge in [-0.25, -0.2) is 4.79 Å². The van der Waals surface area contributed by atoms with Gasteiger partial charge in [-0.3, -0.25) is 4.79 Å². The average Bonchev–Trinajstić information content (AvgIpc) is 2.45. The lowest BCUT2D eigenvalue weighted by molar-refractivity contribution is -0.149. The summed E-state index contributed by atoms with van der Waals surface area (Å²) in [7, 11) is 0. The maximum Gasteiger partial charge on any atom is 0.330 e. The standard InChI is InChI=1S/C12H21N3O4S/c1-3-12(10(17)18,13-9-16)11(20-14-19)5-7-15(4-2)8-6-11/h9H,3-8H2,1-2H3,(H,13,16)(H,17,18). The minimum atomic E-state index is -1.47. The van der Waals surface area contributed by atoms with E-state index in [-0.39, 0.29) is 6.42 Å². The lowest BCUT2D eigenvalue weighted by Gasteiger charge is -2.49. The van der Waals surface area contributed by atoms with E-state index in [9.17, 15) is 19.6 Å². The monoisotopic (exact) mass is 303 g/mol. The molecule has 114 valence electrons. The number of amides is 1. The predicted molar refractivity (Wildman–Crippen MR) is 77.3 cm³/mol. The fourth-order valence-corrected chi connectivity index (χ4v) is 3.92. The van der Waals surface area contributed by atoms with Crippen molar-refractivity contribution >= 4 is 24.3 Å². The predicted octanol–water partition coefficient (Wildman–Crippen LogP) is 1.23. The van der Waals surface area contributed by atoms with Crippen LogP contribution in [0.3, 0.4) is 0 Å². The van der Waals surface area contributed by atoms with Gasteiger partial charge in [0.1, 0.15) is 0 Å². The van der Waals surface area contributed by atoms with Crippen molar-refractivity contribution in [3.8, 4) is 0 Å². The number of nitrogens with zero attached hydrogens (tertiary/aromatic N) is 2. The van der Waals surface area contributed by atoms with E-state index in [4.69, 9.17) is 0 Å². The minimum Gasteiger partial charge on any atom is -0.479 e. The molecular formula is C12H21N3O4S. The number of carbonyl (C=O) groups excluding carboxylic acids is 1. The highest BCUT2D eigenvalue weighted by Gasteiger charge is 2.58. The molecule has 1 fully saturated rings. The van der Waals surface area contributed by atoms with Gasteiger partial charge in [0, 0.05) is 16.5 Å². The van der Waals surface area contributed by atoms with E-state index in [0.29, 0.717) is 32.3 Å². The second-order valence-electron chi connectivity index (χ2n) is 4.92. The zero-order chi connectivity index (χ0) is 15.2. The number of carboxylic acids is 1. The second-order valence-corrected chi connectivity index (χ2v) is 6.03. The molecule has 0 radical (unpaired) electrons. The van der Waals surface area contributed by atoms with E-state index in [2.05, 4.69) is 14.8 Å². The van der Waals surface area contributed by atoms with E-state index in [1.54, 1.807) is 6.92 Å². The third kappa shape index (κ3) is 2.80. The van der Waals surface area contributed by atoms with Crippen LogP contribution in [0.5, 0.6) is 0 Å². The summed E-state index contributed by atoms with van der Waals surface area (Å²) >= 11 is 0.753. The Hall–Kier alpha value is -1.15. The van der Waals surface area contributed by atoms with Crippen molar-refractivity contribution in [3.63, 3.8) is 0 Å². The molecule has 1 aliphatic heterocycles. The Labute approximate surface area is 122 Å². The Kier molecular flexibility index (Phi) is 5.94. The van der Waals surface area contributed by atoms with Gasteiger partial charge in [0.25, 0.3) is 0 Å². The zero-order valence-electron chi connectivity index (χ0n) is 11.8. The van der Waals surface area contributed by atoms with Crippen molar-refractivity contribution in [1.82, 2.24) is 10.2 Å². The summed E-state index contributed by atoms with van der Waals surface area (Å²) in [5.74, 6) is -1.12. The van der Waals surface area contributed by atoms with Crippen LogP contribution in [0, 0.1) is 4.91 Å². The van der Waals surface area contributed by atoms with Crippen molar-refractivity contribution in [2.75, 3.05) is 19.6 Å². The van der Waals surface area contributed by atoms with Crippen LogP contribution in [0.4, 0.5) is 0 Å². The van der Waals surface area contributed by atoms with E-state index < -0.39 is 16.3 Å². The van der Waals surface area contributed by atoms with Gasteiger partial charge >= 0.3 is 5.97 Å². The number of nitroso groups, excluding NO2 is 1. The topological polar surface area (TPSA) is 99.1 Å². The highest BCUT2D eigenvalue weighted by atomic mass is 32.2. The number of rotatable bonds is 8. The first-order chi connectivity index (χ1) is 9.51. The van der Waals surface area contributed by atoms with Crippen LogP contribution >= 0.6 is 11.9 Å². The second kappa shape index (κ2) is 7.03. The van der Waals surface area contributed by atoms with Crippen LogP contribution in [0.1, 0.15) is 33.1 Å². The molecule has 1 heterocycles. The van der Waals surface area contributed by atoms with Crippen LogP contribution < -0.4 is 5.32 Å². The number of nitrogens with one attached hydrogen (secondary N) is 1. The number of carbonyl (C=O) groups is 2. The lowest BCUT2D eigenvalue weighted by atomic mass is 9.75. The van der Waals surface area contributed by atoms with Crippen molar-refractivity contribution in [3.05, 3.63) is 4.91 Å². The number of carboxylic acid groups (broad SMARTS) is 1. The molecule has 1 unspecified atom stereocenters. The number of piperidine rings is 1. The van der Waals surface area contributed by atoms with Crippen molar-refractivity contribution < 1.29 is 14.7 Å². The van der Waals surface area contributed by atoms with Gasteiger partial charge in [0.2, 0.25) is 6.41 Å². The Morgan fingerprint density at radius 1 is 1.50 bits per heavy atom. The molecule has 0 aromatic rings. The molecule has 7 nitrogen and oxygen atoms in total. The number of hydrogen-bond acceptors (Lipinski definition) is 6. The van der Waals surface area contributed by atoms with Gasteiger partial charge in [-0.1, -0.05) is 13.8 Å². The molecule has 1 saturated heterocycles. The first kappa shape index (κ1) is 16.9. The molecule has 0 saturated carbocycles. The molecule has 8 heteroatoms. The highest BCUT2D eigenvalue weighted by molar-refractivity contribution is 7.99. The molecule has 0 aromatic heterocycles. The maximum absolute atomic E-state index is 11.8. The van der Waals surface area contributed by atoms with Crippen molar-refractivity contribution in [2.45, 2.75) is 43.4 Å². The Bertz CT molecular complexity index is 372. The summed E-state index contributed by atoms with van der Waals surface area (Å²) in [5, 5.41) is 12.1. The Morgan fingerprint density at radius 2 is 2.10 bits per heavy atom. The van der Waals surface area contributed by atoms with Gasteiger partial charge in [-0.05, 0) is 38.9 Å². The molecule has 0 bridgehead atoms. The molecular weight excluding hydrogens is 282 g/mol. The van der Waals surface area contributed by atoms with Gasteiger partial charge in [-0.15, -0.1) is 4.91 Å². The normalized spacial score (nSPS) is 21.7. The Balaban J connectivity index is 3.17. The third-order valence-electron chi connectivity index (χ3n) is 4.30. The summed E-state index contributed by atoms with van der Waals surface area (Å²) in [5.41, 5.74) is -1.47. The smallest absolute Gasteiger partial charge is 0.330 e. The van der Waals surface area contributed by atoms with Crippen LogP contribution in [0.2, 0.25) is 0 Å². The van der Waals surface area contributed by atoms with Crippen molar-refractivity contribution in [1.29, 1.82) is 0 Å². The van der Waals surface area contributed by atoms with Gasteiger partial charge in [0.05, 0.1) is 4.75 Å². The van der Waals surface area contributed by atoms with E-state index >= 15 is 0 Å². The van der Waals surface area contributed by atoms with Crippen LogP contribution in [0.15, 0.2) is 4.58 Å². The van der Waals surface area contributed by atoms with Gasteiger partial charge < -0.3 is 15.3 Å². The lowest BCUT2D eigenvalue weighted by Crippen LogP contribution is -2.68. The van der Waals surface area contributed by atoms with Gasteiger partial charge in [0.15, 0.2) is 5.54 Å². The Morgan fingerprint density at radius 3 is 2.45 bits per heavy atom. The third-order valence-corrected chi connectivity index (χ3v) is 5.48. The summed E-state index contributed by atoms with van der Waals surface area (Å²) < 4.78 is 1.99. The van der Waals surface area contributed by atoms with Crippen LogP contribution in [-0.4, -0.2) is 52.3 Å². The van der Waals surface area contributed by atoms with E-state index in [0.717, 1.165) is 18.5 Å². The number of likely N-dealkylation sites (tertiary alicyclic amines) is 1. The molecule has 0 aliphatic carbocycles. The average molecular weight is 303 g/mol. The summed E-state index contributed by atoms with van der Waals surface area (Å²) in [6.07, 6.45) is 1.60. The quantitative estimate of drug-likeness (QED) is 0.397. The largest absolute Gasteiger partial charge is 0.479 e. The zero-order valence-corrected chi connectivity index (χ0v) is 12.6. The minimum absolute atomic E-state index is 0.204. The molecule has 0 aromatic carbocycles. The summed E-state index contributed by atoms with van der Waals surface area (Å²) in [6, 6.07) is 0. The van der Waals surface area contributed by atoms with Gasteiger partial charge in [-0.2, -0.15) is 0 Å². The fourth-order valence-electron chi connectivity index (χ4n) is 2.96. The summed E-state index contributed by atoms with van der Waals surface area (Å²) in [6.45, 7) is 5.99. The molecule has 2 N–H and O–H groups in total. The van der Waals surface area contributed by atoms with E-state index in [1.807, 2.05) is 6.92 Å². The first-order valence-corrected chi connectivity index (χ1v) is 7.47. The molecule has 20 heavy (non-hydrogen) atoms.